The van der Waals surface area contributed by atoms with Crippen molar-refractivity contribution in [3.05, 3.63) is 53.3 Å². The Morgan fingerprint density at radius 1 is 1.13 bits per heavy atom. The number of sulfonamides is 1. The van der Waals surface area contributed by atoms with Crippen LogP contribution in [0.3, 0.4) is 0 Å². The molecular weight excluding hydrogens is 420 g/mol. The van der Waals surface area contributed by atoms with E-state index in [2.05, 4.69) is 20.0 Å². The minimum atomic E-state index is -3.41. The summed E-state index contributed by atoms with van der Waals surface area (Å²) in [7, 11) is -3.41. The molecule has 0 unspecified atom stereocenters. The topological polar surface area (TPSA) is 101 Å². The molecule has 2 heterocycles. The molecule has 5 rings (SSSR count). The number of amides is 1. The van der Waals surface area contributed by atoms with E-state index in [0.29, 0.717) is 29.2 Å². The summed E-state index contributed by atoms with van der Waals surface area (Å²) in [4.78, 5) is 21.5. The SMILES string of the molecule is O=C(NC1(c2csc(NS(=O)(=O)C3CCCC3)n2)CC1)c1ccc2ccncc2c1. The van der Waals surface area contributed by atoms with Crippen LogP contribution < -0.4 is 10.0 Å². The fourth-order valence-corrected chi connectivity index (χ4v) is 6.63. The van der Waals surface area contributed by atoms with Crippen molar-refractivity contribution in [3.8, 4) is 0 Å². The van der Waals surface area contributed by atoms with Crippen LogP contribution in [-0.4, -0.2) is 29.5 Å². The van der Waals surface area contributed by atoms with Crippen LogP contribution in [-0.2, 0) is 15.6 Å². The van der Waals surface area contributed by atoms with E-state index in [0.717, 1.165) is 36.5 Å². The molecule has 0 atom stereocenters. The molecule has 0 bridgehead atoms. The zero-order chi connectivity index (χ0) is 20.8. The maximum Gasteiger partial charge on any atom is 0.252 e. The Kier molecular flexibility index (Phi) is 4.74. The molecule has 1 aromatic carbocycles. The number of nitrogens with zero attached hydrogens (tertiary/aromatic N) is 2. The highest BCUT2D eigenvalue weighted by atomic mass is 32.2. The second kappa shape index (κ2) is 7.31. The first kappa shape index (κ1) is 19.4. The highest BCUT2D eigenvalue weighted by molar-refractivity contribution is 7.93. The minimum Gasteiger partial charge on any atom is -0.341 e. The zero-order valence-electron chi connectivity index (χ0n) is 16.3. The molecule has 30 heavy (non-hydrogen) atoms. The van der Waals surface area contributed by atoms with Gasteiger partial charge in [0.05, 0.1) is 16.5 Å². The summed E-state index contributed by atoms with van der Waals surface area (Å²) in [6.07, 6.45) is 8.34. The van der Waals surface area contributed by atoms with Gasteiger partial charge >= 0.3 is 0 Å². The molecule has 2 aliphatic carbocycles. The number of benzene rings is 1. The van der Waals surface area contributed by atoms with Crippen molar-refractivity contribution >= 4 is 43.2 Å². The predicted molar refractivity (Wildman–Crippen MR) is 117 cm³/mol. The Morgan fingerprint density at radius 3 is 2.70 bits per heavy atom. The number of rotatable bonds is 6. The van der Waals surface area contributed by atoms with Crippen LogP contribution in [0, 0.1) is 0 Å². The molecule has 0 saturated heterocycles. The summed E-state index contributed by atoms with van der Waals surface area (Å²) in [6.45, 7) is 0. The number of anilines is 1. The number of carbonyl (C=O) groups is 1. The lowest BCUT2D eigenvalue weighted by Crippen LogP contribution is -2.35. The smallest absolute Gasteiger partial charge is 0.252 e. The molecule has 1 amide bonds. The average Bonchev–Trinajstić information content (AvgIpc) is 3.12. The number of pyridine rings is 1. The zero-order valence-corrected chi connectivity index (χ0v) is 17.9. The third-order valence-electron chi connectivity index (χ3n) is 5.97. The third-order valence-corrected chi connectivity index (χ3v) is 8.68. The summed E-state index contributed by atoms with van der Waals surface area (Å²) >= 11 is 1.27. The summed E-state index contributed by atoms with van der Waals surface area (Å²) in [6, 6.07) is 7.44. The lowest BCUT2D eigenvalue weighted by atomic mass is 10.1. The van der Waals surface area contributed by atoms with E-state index in [1.165, 1.54) is 11.3 Å². The van der Waals surface area contributed by atoms with E-state index in [1.54, 1.807) is 18.5 Å². The molecule has 0 aliphatic heterocycles. The number of carbonyl (C=O) groups excluding carboxylic acids is 1. The fourth-order valence-electron chi connectivity index (χ4n) is 4.03. The van der Waals surface area contributed by atoms with Gasteiger partial charge in [-0.05, 0) is 49.3 Å². The number of thiazole rings is 1. The van der Waals surface area contributed by atoms with Crippen LogP contribution in [0.25, 0.3) is 10.8 Å². The first-order valence-electron chi connectivity index (χ1n) is 10.1. The molecule has 2 aromatic heterocycles. The summed E-state index contributed by atoms with van der Waals surface area (Å²) < 4.78 is 27.7. The van der Waals surface area contributed by atoms with E-state index in [1.807, 2.05) is 23.6 Å². The maximum atomic E-state index is 12.9. The van der Waals surface area contributed by atoms with E-state index in [9.17, 15) is 13.2 Å². The van der Waals surface area contributed by atoms with Gasteiger partial charge in [-0.2, -0.15) is 0 Å². The van der Waals surface area contributed by atoms with Crippen LogP contribution >= 0.6 is 11.3 Å². The lowest BCUT2D eigenvalue weighted by Gasteiger charge is -2.16. The van der Waals surface area contributed by atoms with Crippen molar-refractivity contribution in [2.24, 2.45) is 0 Å². The Bertz CT molecular complexity index is 1210. The van der Waals surface area contributed by atoms with E-state index in [4.69, 9.17) is 0 Å². The quantitative estimate of drug-likeness (QED) is 0.605. The number of nitrogens with one attached hydrogen (secondary N) is 2. The molecule has 0 spiro atoms. The first-order chi connectivity index (χ1) is 14.5. The standard InChI is InChI=1S/C21H22N4O3S2/c26-19(15-6-5-14-7-10-22-12-16(14)11-15)24-21(8-9-21)18-13-29-20(23-18)25-30(27,28)17-3-1-2-4-17/h5-7,10-13,17H,1-4,8-9H2,(H,23,25)(H,24,26). The summed E-state index contributed by atoms with van der Waals surface area (Å²) in [5.74, 6) is -0.167. The number of fused-ring (bicyclic) bond motifs is 1. The van der Waals surface area contributed by atoms with E-state index < -0.39 is 15.6 Å². The van der Waals surface area contributed by atoms with Crippen molar-refractivity contribution in [3.63, 3.8) is 0 Å². The van der Waals surface area contributed by atoms with Gasteiger partial charge in [0.2, 0.25) is 10.0 Å². The van der Waals surface area contributed by atoms with Crippen molar-refractivity contribution in [1.29, 1.82) is 0 Å². The normalized spacial score (nSPS) is 18.4. The van der Waals surface area contributed by atoms with Gasteiger partial charge in [-0.1, -0.05) is 18.9 Å². The van der Waals surface area contributed by atoms with Crippen LogP contribution in [0.2, 0.25) is 0 Å². The largest absolute Gasteiger partial charge is 0.341 e. The Labute approximate surface area is 179 Å². The van der Waals surface area contributed by atoms with Gasteiger partial charge in [0.25, 0.3) is 5.91 Å². The van der Waals surface area contributed by atoms with Crippen LogP contribution in [0.1, 0.15) is 54.6 Å². The van der Waals surface area contributed by atoms with Crippen molar-refractivity contribution < 1.29 is 13.2 Å². The summed E-state index contributed by atoms with van der Waals surface area (Å²) in [5.41, 5.74) is 0.765. The van der Waals surface area contributed by atoms with E-state index in [-0.39, 0.29) is 11.2 Å². The van der Waals surface area contributed by atoms with Crippen molar-refractivity contribution in [2.75, 3.05) is 4.72 Å². The van der Waals surface area contributed by atoms with Crippen molar-refractivity contribution in [2.45, 2.75) is 49.3 Å². The highest BCUT2D eigenvalue weighted by Gasteiger charge is 2.48. The maximum absolute atomic E-state index is 12.9. The van der Waals surface area contributed by atoms with Gasteiger partial charge in [-0.15, -0.1) is 11.3 Å². The van der Waals surface area contributed by atoms with Gasteiger partial charge in [-0.25, -0.2) is 13.4 Å². The molecule has 2 fully saturated rings. The highest BCUT2D eigenvalue weighted by Crippen LogP contribution is 2.46. The molecule has 9 heteroatoms. The molecule has 156 valence electrons. The van der Waals surface area contributed by atoms with Crippen LogP contribution in [0.5, 0.6) is 0 Å². The Morgan fingerprint density at radius 2 is 1.93 bits per heavy atom. The van der Waals surface area contributed by atoms with Crippen LogP contribution in [0.15, 0.2) is 42.0 Å². The van der Waals surface area contributed by atoms with Gasteiger partial charge in [-0.3, -0.25) is 14.5 Å². The van der Waals surface area contributed by atoms with Gasteiger partial charge < -0.3 is 5.32 Å². The molecular formula is C21H22N4O3S2. The monoisotopic (exact) mass is 442 g/mol. The van der Waals surface area contributed by atoms with Gasteiger partial charge in [0, 0.05) is 28.7 Å². The fraction of sp³-hybridized carbons (Fsp3) is 0.381. The molecule has 7 nitrogen and oxygen atoms in total. The molecule has 2 N–H and O–H groups in total. The number of hydrogen-bond donors (Lipinski definition) is 2. The third kappa shape index (κ3) is 3.67. The number of hydrogen-bond acceptors (Lipinski definition) is 6. The Hall–Kier alpha value is -2.52. The number of aromatic nitrogens is 2. The molecule has 2 saturated carbocycles. The second-order valence-corrected chi connectivity index (χ2v) is 10.9. The molecule has 3 aromatic rings. The predicted octanol–water partition coefficient (Wildman–Crippen LogP) is 3.79. The van der Waals surface area contributed by atoms with Gasteiger partial charge in [0.15, 0.2) is 5.13 Å². The molecule has 2 aliphatic rings. The van der Waals surface area contributed by atoms with Crippen LogP contribution in [0.4, 0.5) is 5.13 Å². The lowest BCUT2D eigenvalue weighted by molar-refractivity contribution is 0.0930. The van der Waals surface area contributed by atoms with Crippen molar-refractivity contribution in [1.82, 2.24) is 15.3 Å². The second-order valence-electron chi connectivity index (χ2n) is 8.07. The summed E-state index contributed by atoms with van der Waals surface area (Å²) in [5, 5.41) is 6.92. The first-order valence-corrected chi connectivity index (χ1v) is 12.5. The Balaban J connectivity index is 1.31. The van der Waals surface area contributed by atoms with Gasteiger partial charge in [0.1, 0.15) is 0 Å². The average molecular weight is 443 g/mol. The van der Waals surface area contributed by atoms with E-state index >= 15 is 0 Å². The molecule has 0 radical (unpaired) electrons. The minimum absolute atomic E-state index is 0.167.